The molecule has 19 heavy (non-hydrogen) atoms. The predicted octanol–water partition coefficient (Wildman–Crippen LogP) is 4.33. The molecule has 0 aliphatic carbocycles. The molecule has 2 nitrogen and oxygen atoms in total. The molecule has 2 aromatic carbocycles. The van der Waals surface area contributed by atoms with Crippen molar-refractivity contribution in [2.24, 2.45) is 0 Å². The van der Waals surface area contributed by atoms with Crippen LogP contribution in [0.2, 0.25) is 5.02 Å². The molecule has 1 N–H and O–H groups in total. The minimum Gasteiger partial charge on any atom is -0.504 e. The highest BCUT2D eigenvalue weighted by atomic mass is 35.5. The zero-order valence-corrected chi connectivity index (χ0v) is 11.2. The second-order valence-electron chi connectivity index (χ2n) is 4.14. The lowest BCUT2D eigenvalue weighted by molar-refractivity contribution is 0.283. The van der Waals surface area contributed by atoms with Gasteiger partial charge in [0.2, 0.25) is 0 Å². The number of ether oxygens (including phenoxy) is 1. The van der Waals surface area contributed by atoms with E-state index in [0.29, 0.717) is 10.8 Å². The molecule has 0 unspecified atom stereocenters. The normalized spacial score (nSPS) is 10.5. The number of benzene rings is 2. The third kappa shape index (κ3) is 3.18. The molecule has 0 saturated heterocycles. The number of aryl methyl sites for hydroxylation is 1. The van der Waals surface area contributed by atoms with Crippen molar-refractivity contribution >= 4 is 11.6 Å². The van der Waals surface area contributed by atoms with Crippen molar-refractivity contribution in [3.8, 4) is 11.5 Å². The van der Waals surface area contributed by atoms with Crippen LogP contribution >= 0.6 is 11.6 Å². The molecule has 0 aliphatic rings. The number of phenolic OH excluding ortho intramolecular Hbond substituents is 1. The lowest BCUT2D eigenvalue weighted by Gasteiger charge is -2.10. The molecular weight excluding hydrogens is 267 g/mol. The third-order valence-electron chi connectivity index (χ3n) is 2.87. The molecule has 2 aromatic rings. The van der Waals surface area contributed by atoms with Crippen LogP contribution in [0.4, 0.5) is 4.39 Å². The Kier molecular flexibility index (Phi) is 4.27. The molecule has 0 radical (unpaired) electrons. The van der Waals surface area contributed by atoms with E-state index in [4.69, 9.17) is 16.3 Å². The highest BCUT2D eigenvalue weighted by molar-refractivity contribution is 6.31. The molecule has 0 spiro atoms. The van der Waals surface area contributed by atoms with Crippen LogP contribution in [0.15, 0.2) is 36.4 Å². The lowest BCUT2D eigenvalue weighted by atomic mass is 10.1. The molecule has 0 heterocycles. The summed E-state index contributed by atoms with van der Waals surface area (Å²) in [6.45, 7) is 1.97. The second kappa shape index (κ2) is 5.93. The maximum atomic E-state index is 13.5. The molecule has 0 amide bonds. The molecule has 4 heteroatoms. The van der Waals surface area contributed by atoms with Crippen molar-refractivity contribution in [1.82, 2.24) is 0 Å². The van der Waals surface area contributed by atoms with Crippen molar-refractivity contribution < 1.29 is 14.2 Å². The van der Waals surface area contributed by atoms with E-state index in [2.05, 4.69) is 0 Å². The van der Waals surface area contributed by atoms with E-state index in [1.54, 1.807) is 18.2 Å². The average molecular weight is 281 g/mol. The monoisotopic (exact) mass is 280 g/mol. The van der Waals surface area contributed by atoms with Crippen LogP contribution in [0.5, 0.6) is 11.5 Å². The first kappa shape index (κ1) is 13.7. The van der Waals surface area contributed by atoms with Crippen LogP contribution in [-0.2, 0) is 13.0 Å². The van der Waals surface area contributed by atoms with Crippen LogP contribution in [-0.4, -0.2) is 5.11 Å². The second-order valence-corrected chi connectivity index (χ2v) is 4.55. The Morgan fingerprint density at radius 1 is 1.26 bits per heavy atom. The fraction of sp³-hybridized carbons (Fsp3) is 0.200. The van der Waals surface area contributed by atoms with Crippen molar-refractivity contribution in [3.05, 3.63) is 58.4 Å². The number of phenols is 1. The van der Waals surface area contributed by atoms with Gasteiger partial charge in [0.05, 0.1) is 5.02 Å². The van der Waals surface area contributed by atoms with E-state index >= 15 is 0 Å². The molecule has 0 atom stereocenters. The van der Waals surface area contributed by atoms with E-state index in [1.807, 2.05) is 13.0 Å². The first-order valence-electron chi connectivity index (χ1n) is 5.99. The predicted molar refractivity (Wildman–Crippen MR) is 73.2 cm³/mol. The van der Waals surface area contributed by atoms with Crippen LogP contribution in [0, 0.1) is 5.82 Å². The van der Waals surface area contributed by atoms with Gasteiger partial charge in [-0.15, -0.1) is 0 Å². The Morgan fingerprint density at radius 3 is 2.68 bits per heavy atom. The summed E-state index contributed by atoms with van der Waals surface area (Å²) in [5, 5.41) is 10.1. The Labute approximate surface area is 116 Å². The summed E-state index contributed by atoms with van der Waals surface area (Å²) in [7, 11) is 0. The van der Waals surface area contributed by atoms with Gasteiger partial charge in [0.25, 0.3) is 0 Å². The topological polar surface area (TPSA) is 29.5 Å². The largest absolute Gasteiger partial charge is 0.504 e. The van der Waals surface area contributed by atoms with Crippen LogP contribution in [0.25, 0.3) is 0 Å². The molecule has 2 rings (SSSR count). The number of hydrogen-bond acceptors (Lipinski definition) is 2. The van der Waals surface area contributed by atoms with Gasteiger partial charge in [-0.3, -0.25) is 0 Å². The maximum Gasteiger partial charge on any atom is 0.161 e. The van der Waals surface area contributed by atoms with Gasteiger partial charge in [-0.05, 0) is 36.2 Å². The molecule has 0 bridgehead atoms. The van der Waals surface area contributed by atoms with Crippen LogP contribution in [0.1, 0.15) is 18.1 Å². The maximum absolute atomic E-state index is 13.5. The fourth-order valence-corrected chi connectivity index (χ4v) is 1.94. The van der Waals surface area contributed by atoms with Gasteiger partial charge < -0.3 is 9.84 Å². The molecule has 0 fully saturated rings. The Balaban J connectivity index is 2.15. The van der Waals surface area contributed by atoms with E-state index in [9.17, 15) is 9.50 Å². The summed E-state index contributed by atoms with van der Waals surface area (Å²) >= 11 is 5.90. The van der Waals surface area contributed by atoms with Gasteiger partial charge in [-0.2, -0.15) is 0 Å². The lowest BCUT2D eigenvalue weighted by Crippen LogP contribution is -2.00. The molecule has 0 aliphatic heterocycles. The van der Waals surface area contributed by atoms with Crippen molar-refractivity contribution in [3.63, 3.8) is 0 Å². The van der Waals surface area contributed by atoms with Gasteiger partial charge in [-0.25, -0.2) is 4.39 Å². The van der Waals surface area contributed by atoms with Gasteiger partial charge in [0, 0.05) is 5.56 Å². The van der Waals surface area contributed by atoms with Gasteiger partial charge in [-0.1, -0.05) is 30.7 Å². The minimum atomic E-state index is -0.419. The van der Waals surface area contributed by atoms with E-state index in [0.717, 1.165) is 12.0 Å². The fourth-order valence-electron chi connectivity index (χ4n) is 1.73. The van der Waals surface area contributed by atoms with Crippen molar-refractivity contribution in [2.45, 2.75) is 20.0 Å². The van der Waals surface area contributed by atoms with Crippen LogP contribution < -0.4 is 4.74 Å². The summed E-state index contributed by atoms with van der Waals surface area (Å²) in [4.78, 5) is 0. The molecule has 100 valence electrons. The Hall–Kier alpha value is -1.74. The highest BCUT2D eigenvalue weighted by Gasteiger charge is 2.09. The highest BCUT2D eigenvalue weighted by Crippen LogP contribution is 2.29. The standard InChI is InChI=1S/C15H14ClFO2/c1-2-10-6-7-15(14(18)8-10)19-9-11-12(16)4-3-5-13(11)17/h3-8,18H,2,9H2,1H3. The van der Waals surface area contributed by atoms with E-state index in [-0.39, 0.29) is 17.9 Å². The summed E-state index contributed by atoms with van der Waals surface area (Å²) < 4.78 is 19.0. The van der Waals surface area contributed by atoms with Gasteiger partial charge in [0.15, 0.2) is 11.5 Å². The number of aromatic hydroxyl groups is 1. The molecule has 0 aromatic heterocycles. The van der Waals surface area contributed by atoms with Crippen LogP contribution in [0.3, 0.4) is 0 Å². The summed E-state index contributed by atoms with van der Waals surface area (Å²) in [5.41, 5.74) is 1.29. The minimum absolute atomic E-state index is 0.0233. The van der Waals surface area contributed by atoms with E-state index < -0.39 is 5.82 Å². The Bertz CT molecular complexity index is 564. The zero-order chi connectivity index (χ0) is 13.8. The Morgan fingerprint density at radius 2 is 2.05 bits per heavy atom. The molecule has 0 saturated carbocycles. The SMILES string of the molecule is CCc1ccc(OCc2c(F)cccc2Cl)c(O)c1. The number of halogens is 2. The quantitative estimate of drug-likeness (QED) is 0.903. The van der Waals surface area contributed by atoms with Gasteiger partial charge in [0.1, 0.15) is 12.4 Å². The van der Waals surface area contributed by atoms with Crippen molar-refractivity contribution in [1.29, 1.82) is 0 Å². The number of rotatable bonds is 4. The van der Waals surface area contributed by atoms with Gasteiger partial charge >= 0.3 is 0 Å². The first-order chi connectivity index (χ1) is 9.11. The zero-order valence-electron chi connectivity index (χ0n) is 10.5. The smallest absolute Gasteiger partial charge is 0.161 e. The molecular formula is C15H14ClFO2. The first-order valence-corrected chi connectivity index (χ1v) is 6.37. The summed E-state index contributed by atoms with van der Waals surface area (Å²) in [5.74, 6) is -0.0551. The van der Waals surface area contributed by atoms with Crippen molar-refractivity contribution in [2.75, 3.05) is 0 Å². The third-order valence-corrected chi connectivity index (χ3v) is 3.22. The summed E-state index contributed by atoms with van der Waals surface area (Å²) in [6, 6.07) is 9.63. The number of hydrogen-bond donors (Lipinski definition) is 1. The summed E-state index contributed by atoms with van der Waals surface area (Å²) in [6.07, 6.45) is 0.826. The average Bonchev–Trinajstić information content (AvgIpc) is 2.39. The van der Waals surface area contributed by atoms with E-state index in [1.165, 1.54) is 12.1 Å².